The largest absolute Gasteiger partial charge is 0.416 e. The SMILES string of the molecule is Cc1cccc(-n2nc(-c3cccc(C(F)(F)F)c3)c3ncccc3c2=O)c1. The van der Waals surface area contributed by atoms with Gasteiger partial charge in [-0.2, -0.15) is 23.0 Å². The Kier molecular flexibility index (Phi) is 4.22. The van der Waals surface area contributed by atoms with Crippen LogP contribution in [-0.4, -0.2) is 14.8 Å². The summed E-state index contributed by atoms with van der Waals surface area (Å²) in [5.41, 5.74) is 0.995. The van der Waals surface area contributed by atoms with Crippen molar-refractivity contribution >= 4 is 10.9 Å². The molecule has 0 N–H and O–H groups in total. The summed E-state index contributed by atoms with van der Waals surface area (Å²) in [6, 6.07) is 15.2. The molecule has 0 aliphatic carbocycles. The van der Waals surface area contributed by atoms with Gasteiger partial charge in [-0.3, -0.25) is 9.78 Å². The molecule has 0 fully saturated rings. The lowest BCUT2D eigenvalue weighted by Crippen LogP contribution is -2.22. The minimum Gasteiger partial charge on any atom is -0.267 e. The molecule has 4 nitrogen and oxygen atoms in total. The monoisotopic (exact) mass is 381 g/mol. The number of hydrogen-bond acceptors (Lipinski definition) is 3. The normalized spacial score (nSPS) is 11.7. The molecule has 0 aliphatic rings. The predicted octanol–water partition coefficient (Wildman–Crippen LogP) is 4.77. The molecule has 0 saturated heterocycles. The highest BCUT2D eigenvalue weighted by molar-refractivity contribution is 5.90. The van der Waals surface area contributed by atoms with Gasteiger partial charge in [0.25, 0.3) is 5.56 Å². The van der Waals surface area contributed by atoms with Crippen molar-refractivity contribution in [2.24, 2.45) is 0 Å². The number of aromatic nitrogens is 3. The zero-order valence-corrected chi connectivity index (χ0v) is 14.7. The van der Waals surface area contributed by atoms with E-state index in [1.807, 2.05) is 13.0 Å². The molecule has 140 valence electrons. The van der Waals surface area contributed by atoms with E-state index in [1.165, 1.54) is 23.0 Å². The van der Waals surface area contributed by atoms with Gasteiger partial charge in [-0.25, -0.2) is 0 Å². The summed E-state index contributed by atoms with van der Waals surface area (Å²) in [5.74, 6) is 0. The van der Waals surface area contributed by atoms with Crippen molar-refractivity contribution in [2.45, 2.75) is 13.1 Å². The first-order valence-electron chi connectivity index (χ1n) is 8.47. The van der Waals surface area contributed by atoms with E-state index in [-0.39, 0.29) is 27.7 Å². The summed E-state index contributed by atoms with van der Waals surface area (Å²) in [7, 11) is 0. The third-order valence-electron chi connectivity index (χ3n) is 4.36. The Balaban J connectivity index is 2.04. The Morgan fingerprint density at radius 2 is 1.75 bits per heavy atom. The lowest BCUT2D eigenvalue weighted by molar-refractivity contribution is -0.137. The molecule has 4 aromatic rings. The van der Waals surface area contributed by atoms with Crippen molar-refractivity contribution in [1.82, 2.24) is 14.8 Å². The van der Waals surface area contributed by atoms with E-state index in [4.69, 9.17) is 0 Å². The van der Waals surface area contributed by atoms with Gasteiger partial charge in [0.2, 0.25) is 0 Å². The maximum absolute atomic E-state index is 13.2. The second-order valence-corrected chi connectivity index (χ2v) is 6.38. The van der Waals surface area contributed by atoms with Crippen LogP contribution in [0.2, 0.25) is 0 Å². The fourth-order valence-electron chi connectivity index (χ4n) is 3.05. The van der Waals surface area contributed by atoms with Crippen LogP contribution < -0.4 is 5.56 Å². The summed E-state index contributed by atoms with van der Waals surface area (Å²) in [6.07, 6.45) is -3.00. The summed E-state index contributed by atoms with van der Waals surface area (Å²) in [4.78, 5) is 17.1. The van der Waals surface area contributed by atoms with Crippen molar-refractivity contribution in [3.63, 3.8) is 0 Å². The van der Waals surface area contributed by atoms with Gasteiger partial charge in [-0.05, 0) is 48.9 Å². The highest BCUT2D eigenvalue weighted by Crippen LogP contribution is 2.33. The van der Waals surface area contributed by atoms with E-state index in [0.717, 1.165) is 17.7 Å². The zero-order valence-electron chi connectivity index (χ0n) is 14.7. The summed E-state index contributed by atoms with van der Waals surface area (Å²) in [6.45, 7) is 1.88. The zero-order chi connectivity index (χ0) is 19.9. The van der Waals surface area contributed by atoms with Crippen LogP contribution >= 0.6 is 0 Å². The first-order valence-corrected chi connectivity index (χ1v) is 8.47. The number of rotatable bonds is 2. The number of fused-ring (bicyclic) bond motifs is 1. The first-order chi connectivity index (χ1) is 13.3. The quantitative estimate of drug-likeness (QED) is 0.502. The van der Waals surface area contributed by atoms with Crippen LogP contribution in [0.1, 0.15) is 11.1 Å². The number of nitrogens with zero attached hydrogens (tertiary/aromatic N) is 3. The maximum atomic E-state index is 13.2. The minimum absolute atomic E-state index is 0.211. The van der Waals surface area contributed by atoms with E-state index in [0.29, 0.717) is 5.69 Å². The predicted molar refractivity (Wildman–Crippen MR) is 100 cm³/mol. The van der Waals surface area contributed by atoms with Crippen LogP contribution in [0.25, 0.3) is 27.8 Å². The average Bonchev–Trinajstić information content (AvgIpc) is 2.68. The lowest BCUT2D eigenvalue weighted by atomic mass is 10.1. The average molecular weight is 381 g/mol. The molecule has 7 heteroatoms. The molecule has 0 aliphatic heterocycles. The molecule has 0 radical (unpaired) electrons. The molecular weight excluding hydrogens is 367 g/mol. The van der Waals surface area contributed by atoms with E-state index < -0.39 is 11.7 Å². The van der Waals surface area contributed by atoms with E-state index in [1.54, 1.807) is 30.3 Å². The van der Waals surface area contributed by atoms with Crippen molar-refractivity contribution in [2.75, 3.05) is 0 Å². The van der Waals surface area contributed by atoms with Crippen molar-refractivity contribution < 1.29 is 13.2 Å². The molecular formula is C21H14F3N3O. The molecule has 2 heterocycles. The maximum Gasteiger partial charge on any atom is 0.416 e. The molecule has 0 bridgehead atoms. The number of hydrogen-bond donors (Lipinski definition) is 0. The Morgan fingerprint density at radius 3 is 2.50 bits per heavy atom. The second-order valence-electron chi connectivity index (χ2n) is 6.38. The fraction of sp³-hybridized carbons (Fsp3) is 0.0952. The first kappa shape index (κ1) is 17.9. The highest BCUT2D eigenvalue weighted by Gasteiger charge is 2.30. The van der Waals surface area contributed by atoms with Gasteiger partial charge in [0, 0.05) is 11.8 Å². The molecule has 4 rings (SSSR count). The molecule has 0 atom stereocenters. The molecule has 0 saturated carbocycles. The fourth-order valence-corrected chi connectivity index (χ4v) is 3.05. The Hall–Kier alpha value is -3.48. The number of benzene rings is 2. The van der Waals surface area contributed by atoms with Gasteiger partial charge in [-0.15, -0.1) is 0 Å². The van der Waals surface area contributed by atoms with Crippen LogP contribution in [-0.2, 0) is 6.18 Å². The van der Waals surface area contributed by atoms with Gasteiger partial charge in [0.05, 0.1) is 16.6 Å². The van der Waals surface area contributed by atoms with Crippen molar-refractivity contribution in [3.05, 3.63) is 88.3 Å². The van der Waals surface area contributed by atoms with Gasteiger partial charge >= 0.3 is 6.18 Å². The second kappa shape index (κ2) is 6.60. The molecule has 0 unspecified atom stereocenters. The number of pyridine rings is 1. The minimum atomic E-state index is -4.48. The van der Waals surface area contributed by atoms with Gasteiger partial charge < -0.3 is 0 Å². The van der Waals surface area contributed by atoms with Crippen LogP contribution in [0.5, 0.6) is 0 Å². The van der Waals surface area contributed by atoms with Crippen molar-refractivity contribution in [3.8, 4) is 16.9 Å². The van der Waals surface area contributed by atoms with Crippen LogP contribution in [0.15, 0.2) is 71.7 Å². The smallest absolute Gasteiger partial charge is 0.267 e. The number of halogens is 3. The molecule has 2 aromatic carbocycles. The molecule has 28 heavy (non-hydrogen) atoms. The van der Waals surface area contributed by atoms with E-state index >= 15 is 0 Å². The summed E-state index contributed by atoms with van der Waals surface area (Å²) < 4.78 is 40.7. The summed E-state index contributed by atoms with van der Waals surface area (Å²) >= 11 is 0. The van der Waals surface area contributed by atoms with E-state index in [2.05, 4.69) is 10.1 Å². The third kappa shape index (κ3) is 3.15. The van der Waals surface area contributed by atoms with E-state index in [9.17, 15) is 18.0 Å². The standard InChI is InChI=1S/C21H14F3N3O/c1-13-5-2-8-16(11-13)27-20(28)17-9-4-10-25-19(17)18(26-27)14-6-3-7-15(12-14)21(22,23)24/h2-12H,1H3. The van der Waals surface area contributed by atoms with Gasteiger partial charge in [0.1, 0.15) is 11.2 Å². The molecule has 2 aromatic heterocycles. The van der Waals surface area contributed by atoms with Gasteiger partial charge in [0.15, 0.2) is 0 Å². The number of alkyl halides is 3. The topological polar surface area (TPSA) is 47.8 Å². The Labute approximate surface area is 157 Å². The Morgan fingerprint density at radius 1 is 0.964 bits per heavy atom. The third-order valence-corrected chi connectivity index (χ3v) is 4.36. The molecule has 0 amide bonds. The van der Waals surface area contributed by atoms with Gasteiger partial charge in [-0.1, -0.05) is 24.3 Å². The number of aryl methyl sites for hydroxylation is 1. The summed E-state index contributed by atoms with van der Waals surface area (Å²) in [5, 5.41) is 4.66. The van der Waals surface area contributed by atoms with Crippen LogP contribution in [0.4, 0.5) is 13.2 Å². The van der Waals surface area contributed by atoms with Crippen LogP contribution in [0, 0.1) is 6.92 Å². The highest BCUT2D eigenvalue weighted by atomic mass is 19.4. The van der Waals surface area contributed by atoms with Crippen LogP contribution in [0.3, 0.4) is 0 Å². The van der Waals surface area contributed by atoms with Crippen molar-refractivity contribution in [1.29, 1.82) is 0 Å². The Bertz CT molecular complexity index is 1250. The lowest BCUT2D eigenvalue weighted by Gasteiger charge is -2.12. The molecule has 0 spiro atoms.